The minimum Gasteiger partial charge on any atom is -0.377 e. The lowest BCUT2D eigenvalue weighted by Crippen LogP contribution is -2.04. The van der Waals surface area contributed by atoms with Crippen molar-refractivity contribution in [3.8, 4) is 0 Å². The van der Waals surface area contributed by atoms with Crippen LogP contribution in [-0.2, 0) is 4.74 Å². The normalized spacial score (nSPS) is 12.6. The highest BCUT2D eigenvalue weighted by atomic mass is 16.5. The average molecular weight is 126 g/mol. The van der Waals surface area contributed by atoms with Gasteiger partial charge in [0.05, 0.1) is 6.10 Å². The third-order valence-electron chi connectivity index (χ3n) is 1.22. The van der Waals surface area contributed by atoms with Gasteiger partial charge in [0, 0.05) is 7.11 Å². The van der Waals surface area contributed by atoms with Crippen LogP contribution in [0.2, 0.25) is 0 Å². The molecule has 0 aliphatic rings. The molecule has 0 aliphatic heterocycles. The summed E-state index contributed by atoms with van der Waals surface area (Å²) in [6, 6.07) is 0. The van der Waals surface area contributed by atoms with E-state index in [1.54, 1.807) is 7.11 Å². The van der Waals surface area contributed by atoms with Crippen molar-refractivity contribution in [3.63, 3.8) is 0 Å². The fourth-order valence-electron chi connectivity index (χ4n) is 0.614. The van der Waals surface area contributed by atoms with Crippen molar-refractivity contribution in [3.05, 3.63) is 25.3 Å². The molecular weight excluding hydrogens is 112 g/mol. The van der Waals surface area contributed by atoms with E-state index in [9.17, 15) is 0 Å². The van der Waals surface area contributed by atoms with Crippen molar-refractivity contribution in [2.24, 2.45) is 0 Å². The number of allylic oxidation sites excluding steroid dienone is 1. The zero-order valence-corrected chi connectivity index (χ0v) is 5.97. The van der Waals surface area contributed by atoms with Gasteiger partial charge in [0.25, 0.3) is 0 Å². The van der Waals surface area contributed by atoms with Crippen molar-refractivity contribution in [1.29, 1.82) is 0 Å². The second-order valence-electron chi connectivity index (χ2n) is 1.88. The summed E-state index contributed by atoms with van der Waals surface area (Å²) in [4.78, 5) is 0. The first kappa shape index (κ1) is 8.44. The van der Waals surface area contributed by atoms with E-state index in [4.69, 9.17) is 4.74 Å². The average Bonchev–Trinajstić information content (AvgIpc) is 1.91. The molecule has 1 unspecified atom stereocenters. The Morgan fingerprint density at radius 1 is 1.56 bits per heavy atom. The van der Waals surface area contributed by atoms with Crippen LogP contribution in [0.3, 0.4) is 0 Å². The Hall–Kier alpha value is -0.560. The molecule has 0 heterocycles. The molecule has 0 aromatic rings. The van der Waals surface area contributed by atoms with Gasteiger partial charge in [-0.15, -0.1) is 13.2 Å². The lowest BCUT2D eigenvalue weighted by Gasteiger charge is -2.06. The fraction of sp³-hybridized carbons (Fsp3) is 0.500. The van der Waals surface area contributed by atoms with Gasteiger partial charge in [-0.05, 0) is 12.8 Å². The molecule has 9 heavy (non-hydrogen) atoms. The van der Waals surface area contributed by atoms with Gasteiger partial charge in [0.1, 0.15) is 0 Å². The standard InChI is InChI=1S/C8H14O/c1-4-6-7-8(5-2)9-3/h4-5,8H,1-2,6-7H2,3H3. The molecule has 0 spiro atoms. The van der Waals surface area contributed by atoms with E-state index in [1.807, 2.05) is 12.2 Å². The maximum Gasteiger partial charge on any atom is 0.0752 e. The van der Waals surface area contributed by atoms with E-state index >= 15 is 0 Å². The minimum atomic E-state index is 0.197. The third-order valence-corrected chi connectivity index (χ3v) is 1.22. The van der Waals surface area contributed by atoms with E-state index in [-0.39, 0.29) is 6.10 Å². The van der Waals surface area contributed by atoms with E-state index < -0.39 is 0 Å². The molecule has 0 bridgehead atoms. The summed E-state index contributed by atoms with van der Waals surface area (Å²) in [7, 11) is 1.69. The van der Waals surface area contributed by atoms with Crippen molar-refractivity contribution in [2.75, 3.05) is 7.11 Å². The Morgan fingerprint density at radius 3 is 2.56 bits per heavy atom. The molecular formula is C8H14O. The number of hydrogen-bond donors (Lipinski definition) is 0. The summed E-state index contributed by atoms with van der Waals surface area (Å²) >= 11 is 0. The summed E-state index contributed by atoms with van der Waals surface area (Å²) in [6.45, 7) is 7.24. The lowest BCUT2D eigenvalue weighted by atomic mass is 10.2. The quantitative estimate of drug-likeness (QED) is 0.513. The van der Waals surface area contributed by atoms with E-state index in [0.29, 0.717) is 0 Å². The minimum absolute atomic E-state index is 0.197. The molecule has 0 aromatic carbocycles. The van der Waals surface area contributed by atoms with Gasteiger partial charge in [0.15, 0.2) is 0 Å². The van der Waals surface area contributed by atoms with Crippen molar-refractivity contribution in [2.45, 2.75) is 18.9 Å². The second-order valence-corrected chi connectivity index (χ2v) is 1.88. The number of methoxy groups -OCH3 is 1. The van der Waals surface area contributed by atoms with Gasteiger partial charge in [-0.2, -0.15) is 0 Å². The van der Waals surface area contributed by atoms with Crippen molar-refractivity contribution in [1.82, 2.24) is 0 Å². The first-order valence-electron chi connectivity index (χ1n) is 3.11. The highest BCUT2D eigenvalue weighted by Crippen LogP contribution is 2.01. The van der Waals surface area contributed by atoms with Crippen molar-refractivity contribution >= 4 is 0 Å². The van der Waals surface area contributed by atoms with Crippen LogP contribution < -0.4 is 0 Å². The zero-order valence-electron chi connectivity index (χ0n) is 5.97. The van der Waals surface area contributed by atoms with Crippen LogP contribution in [0.4, 0.5) is 0 Å². The SMILES string of the molecule is C=CCCC(C=C)OC. The van der Waals surface area contributed by atoms with Crippen LogP contribution in [0.25, 0.3) is 0 Å². The number of ether oxygens (including phenoxy) is 1. The zero-order chi connectivity index (χ0) is 7.11. The summed E-state index contributed by atoms with van der Waals surface area (Å²) < 4.78 is 5.04. The van der Waals surface area contributed by atoms with Gasteiger partial charge >= 0.3 is 0 Å². The van der Waals surface area contributed by atoms with Crippen LogP contribution in [0.15, 0.2) is 25.3 Å². The van der Waals surface area contributed by atoms with Gasteiger partial charge < -0.3 is 4.74 Å². The summed E-state index contributed by atoms with van der Waals surface area (Å²) in [6.07, 6.45) is 5.87. The molecule has 0 aromatic heterocycles. The largest absolute Gasteiger partial charge is 0.377 e. The smallest absolute Gasteiger partial charge is 0.0752 e. The predicted molar refractivity (Wildman–Crippen MR) is 40.4 cm³/mol. The predicted octanol–water partition coefficient (Wildman–Crippen LogP) is 2.15. The molecule has 0 saturated heterocycles. The van der Waals surface area contributed by atoms with Gasteiger partial charge in [-0.1, -0.05) is 12.2 Å². The molecule has 0 N–H and O–H groups in total. The van der Waals surface area contributed by atoms with Crippen LogP contribution in [-0.4, -0.2) is 13.2 Å². The highest BCUT2D eigenvalue weighted by molar-refractivity contribution is 4.81. The molecule has 0 fully saturated rings. The Balaban J connectivity index is 3.30. The van der Waals surface area contributed by atoms with E-state index in [1.165, 1.54) is 0 Å². The first-order chi connectivity index (χ1) is 4.35. The maximum atomic E-state index is 5.04. The second kappa shape index (κ2) is 5.57. The molecule has 1 nitrogen and oxygen atoms in total. The molecule has 0 aliphatic carbocycles. The number of hydrogen-bond acceptors (Lipinski definition) is 1. The van der Waals surface area contributed by atoms with Gasteiger partial charge in [0.2, 0.25) is 0 Å². The topological polar surface area (TPSA) is 9.23 Å². The summed E-state index contributed by atoms with van der Waals surface area (Å²) in [5.74, 6) is 0. The Labute approximate surface area is 57.0 Å². The van der Waals surface area contributed by atoms with Crippen molar-refractivity contribution < 1.29 is 4.74 Å². The third kappa shape index (κ3) is 3.98. The maximum absolute atomic E-state index is 5.04. The van der Waals surface area contributed by atoms with Crippen LogP contribution in [0.5, 0.6) is 0 Å². The van der Waals surface area contributed by atoms with E-state index in [2.05, 4.69) is 13.2 Å². The summed E-state index contributed by atoms with van der Waals surface area (Å²) in [5.41, 5.74) is 0. The van der Waals surface area contributed by atoms with E-state index in [0.717, 1.165) is 12.8 Å². The summed E-state index contributed by atoms with van der Waals surface area (Å²) in [5, 5.41) is 0. The lowest BCUT2D eigenvalue weighted by molar-refractivity contribution is 0.135. The molecule has 0 saturated carbocycles. The Kier molecular flexibility index (Phi) is 5.23. The number of rotatable bonds is 5. The molecule has 0 rings (SSSR count). The van der Waals surface area contributed by atoms with Gasteiger partial charge in [-0.25, -0.2) is 0 Å². The highest BCUT2D eigenvalue weighted by Gasteiger charge is 1.97. The monoisotopic (exact) mass is 126 g/mol. The Bertz CT molecular complexity index is 86.6. The molecule has 1 heteroatoms. The van der Waals surface area contributed by atoms with Crippen LogP contribution in [0.1, 0.15) is 12.8 Å². The molecule has 0 amide bonds. The van der Waals surface area contributed by atoms with Crippen LogP contribution in [0, 0.1) is 0 Å². The molecule has 0 radical (unpaired) electrons. The molecule has 52 valence electrons. The first-order valence-corrected chi connectivity index (χ1v) is 3.11. The fourth-order valence-corrected chi connectivity index (χ4v) is 0.614. The molecule has 1 atom stereocenters. The van der Waals surface area contributed by atoms with Crippen LogP contribution >= 0.6 is 0 Å². The Morgan fingerprint density at radius 2 is 2.22 bits per heavy atom. The van der Waals surface area contributed by atoms with Gasteiger partial charge in [-0.3, -0.25) is 0 Å².